The molecule has 1 aromatic heterocycles. The molecule has 1 aromatic carbocycles. The van der Waals surface area contributed by atoms with Gasteiger partial charge in [-0.1, -0.05) is 12.1 Å². The highest BCUT2D eigenvalue weighted by Crippen LogP contribution is 2.18. The Balaban J connectivity index is 2.49. The first-order valence-electron chi connectivity index (χ1n) is 4.07. The molecule has 4 heteroatoms. The highest BCUT2D eigenvalue weighted by atomic mass is 19.1. The summed E-state index contributed by atoms with van der Waals surface area (Å²) in [6, 6.07) is 6.26. The lowest BCUT2D eigenvalue weighted by Gasteiger charge is -1.96. The monoisotopic (exact) mass is 190 g/mol. The molecule has 0 radical (unpaired) electrons. The Morgan fingerprint density at radius 3 is 2.79 bits per heavy atom. The van der Waals surface area contributed by atoms with Crippen LogP contribution in [0.4, 0.5) is 4.39 Å². The van der Waals surface area contributed by atoms with Gasteiger partial charge in [-0.3, -0.25) is 4.79 Å². The summed E-state index contributed by atoms with van der Waals surface area (Å²) in [6.07, 6.45) is 2.05. The standard InChI is InChI=1S/C10H7FN2O/c11-9-4-2-1-3-8(9)10-12-5-7(6-14)13-10/h1-6H,(H,12,13). The number of halogens is 1. The van der Waals surface area contributed by atoms with Crippen molar-refractivity contribution in [3.63, 3.8) is 0 Å². The predicted octanol–water partition coefficient (Wildman–Crippen LogP) is 2.03. The number of aromatic amines is 1. The summed E-state index contributed by atoms with van der Waals surface area (Å²) in [5.41, 5.74) is 0.629. The van der Waals surface area contributed by atoms with E-state index in [0.29, 0.717) is 17.7 Å². The third-order valence-corrected chi connectivity index (χ3v) is 1.85. The lowest BCUT2D eigenvalue weighted by molar-refractivity contribution is 0.111. The Morgan fingerprint density at radius 2 is 2.14 bits per heavy atom. The fraction of sp³-hybridized carbons (Fsp3) is 0. The van der Waals surface area contributed by atoms with Crippen molar-refractivity contribution >= 4 is 6.29 Å². The van der Waals surface area contributed by atoms with Crippen LogP contribution in [0.1, 0.15) is 10.5 Å². The molecule has 0 saturated heterocycles. The number of nitrogens with one attached hydrogen (secondary N) is 1. The normalized spacial score (nSPS) is 10.1. The van der Waals surface area contributed by atoms with Gasteiger partial charge in [0.25, 0.3) is 0 Å². The minimum absolute atomic E-state index is 0.267. The van der Waals surface area contributed by atoms with Crippen LogP contribution in [0, 0.1) is 5.82 Å². The first kappa shape index (κ1) is 8.62. The zero-order valence-electron chi connectivity index (χ0n) is 7.20. The number of benzene rings is 1. The molecule has 0 unspecified atom stereocenters. The number of hydrogen-bond donors (Lipinski definition) is 1. The van der Waals surface area contributed by atoms with Crippen LogP contribution in [0.3, 0.4) is 0 Å². The summed E-state index contributed by atoms with van der Waals surface area (Å²) < 4.78 is 13.2. The number of H-pyrrole nitrogens is 1. The van der Waals surface area contributed by atoms with Crippen LogP contribution < -0.4 is 0 Å². The van der Waals surface area contributed by atoms with Crippen molar-refractivity contribution in [1.29, 1.82) is 0 Å². The van der Waals surface area contributed by atoms with Gasteiger partial charge in [0, 0.05) is 6.20 Å². The summed E-state index contributed by atoms with van der Waals surface area (Å²) in [4.78, 5) is 17.0. The molecule has 0 bridgehead atoms. The first-order valence-corrected chi connectivity index (χ1v) is 4.07. The van der Waals surface area contributed by atoms with Crippen molar-refractivity contribution in [2.75, 3.05) is 0 Å². The highest BCUT2D eigenvalue weighted by Gasteiger charge is 2.07. The summed E-state index contributed by atoms with van der Waals surface area (Å²) in [5.74, 6) is 0.00417. The molecule has 70 valence electrons. The Hall–Kier alpha value is -1.97. The van der Waals surface area contributed by atoms with Crippen LogP contribution in [0.25, 0.3) is 11.4 Å². The predicted molar refractivity (Wildman–Crippen MR) is 49.4 cm³/mol. The minimum atomic E-state index is -0.362. The number of aromatic nitrogens is 2. The third kappa shape index (κ3) is 1.42. The van der Waals surface area contributed by atoms with Crippen molar-refractivity contribution in [2.24, 2.45) is 0 Å². The van der Waals surface area contributed by atoms with Gasteiger partial charge in [0.05, 0.1) is 5.56 Å². The fourth-order valence-corrected chi connectivity index (χ4v) is 1.19. The molecule has 1 N–H and O–H groups in total. The van der Waals surface area contributed by atoms with E-state index in [0.717, 1.165) is 0 Å². The maximum atomic E-state index is 13.2. The van der Waals surface area contributed by atoms with Crippen molar-refractivity contribution in [3.8, 4) is 11.4 Å². The lowest BCUT2D eigenvalue weighted by atomic mass is 10.2. The second-order valence-electron chi connectivity index (χ2n) is 2.77. The van der Waals surface area contributed by atoms with Gasteiger partial charge in [-0.05, 0) is 12.1 Å². The van der Waals surface area contributed by atoms with E-state index >= 15 is 0 Å². The van der Waals surface area contributed by atoms with Crippen LogP contribution in [0.2, 0.25) is 0 Å². The van der Waals surface area contributed by atoms with Crippen LogP contribution in [0.15, 0.2) is 30.5 Å². The average molecular weight is 190 g/mol. The molecule has 2 aromatic rings. The van der Waals surface area contributed by atoms with Crippen LogP contribution in [0.5, 0.6) is 0 Å². The zero-order valence-corrected chi connectivity index (χ0v) is 7.20. The van der Waals surface area contributed by atoms with Gasteiger partial charge in [-0.15, -0.1) is 0 Å². The van der Waals surface area contributed by atoms with Crippen molar-refractivity contribution in [1.82, 2.24) is 9.97 Å². The fourth-order valence-electron chi connectivity index (χ4n) is 1.19. The topological polar surface area (TPSA) is 45.8 Å². The Morgan fingerprint density at radius 1 is 1.36 bits per heavy atom. The van der Waals surface area contributed by atoms with Crippen molar-refractivity contribution in [3.05, 3.63) is 42.0 Å². The molecule has 14 heavy (non-hydrogen) atoms. The zero-order chi connectivity index (χ0) is 9.97. The number of nitrogens with zero attached hydrogens (tertiary/aromatic N) is 1. The van der Waals surface area contributed by atoms with E-state index in [2.05, 4.69) is 9.97 Å². The van der Waals surface area contributed by atoms with E-state index in [1.807, 2.05) is 0 Å². The summed E-state index contributed by atoms with van der Waals surface area (Å²) in [6.45, 7) is 0. The van der Waals surface area contributed by atoms with E-state index in [4.69, 9.17) is 0 Å². The van der Waals surface area contributed by atoms with E-state index in [-0.39, 0.29) is 11.5 Å². The average Bonchev–Trinajstić information content (AvgIpc) is 2.67. The van der Waals surface area contributed by atoms with Crippen molar-refractivity contribution in [2.45, 2.75) is 0 Å². The molecule has 0 saturated carbocycles. The van der Waals surface area contributed by atoms with Gasteiger partial charge < -0.3 is 4.98 Å². The summed E-state index contributed by atoms with van der Waals surface area (Å²) >= 11 is 0. The molecular weight excluding hydrogens is 183 g/mol. The van der Waals surface area contributed by atoms with Crippen LogP contribution in [-0.2, 0) is 0 Å². The van der Waals surface area contributed by atoms with E-state index in [9.17, 15) is 9.18 Å². The Bertz CT molecular complexity index is 465. The van der Waals surface area contributed by atoms with Gasteiger partial charge in [0.2, 0.25) is 0 Å². The smallest absolute Gasteiger partial charge is 0.170 e. The number of rotatable bonds is 2. The van der Waals surface area contributed by atoms with Gasteiger partial charge in [0.1, 0.15) is 17.3 Å². The molecule has 0 fully saturated rings. The number of carbonyl (C=O) groups is 1. The summed E-state index contributed by atoms with van der Waals surface area (Å²) in [7, 11) is 0. The number of carbonyl (C=O) groups excluding carboxylic acids is 1. The Kier molecular flexibility index (Phi) is 2.10. The number of imidazole rings is 1. The van der Waals surface area contributed by atoms with Gasteiger partial charge in [0.15, 0.2) is 6.29 Å². The third-order valence-electron chi connectivity index (χ3n) is 1.85. The van der Waals surface area contributed by atoms with E-state index < -0.39 is 0 Å². The second-order valence-corrected chi connectivity index (χ2v) is 2.77. The maximum Gasteiger partial charge on any atom is 0.170 e. The first-order chi connectivity index (χ1) is 6.81. The minimum Gasteiger partial charge on any atom is -0.344 e. The molecule has 2 rings (SSSR count). The molecule has 0 aliphatic carbocycles. The molecule has 0 amide bonds. The molecule has 0 spiro atoms. The molecule has 0 aliphatic rings. The van der Waals surface area contributed by atoms with Crippen molar-refractivity contribution < 1.29 is 9.18 Å². The SMILES string of the molecule is O=Cc1c[nH]c(-c2ccccc2F)n1. The highest BCUT2D eigenvalue weighted by molar-refractivity contribution is 5.73. The Labute approximate surface area is 79.6 Å². The van der Waals surface area contributed by atoms with Crippen LogP contribution >= 0.6 is 0 Å². The maximum absolute atomic E-state index is 13.2. The van der Waals surface area contributed by atoms with Crippen LogP contribution in [-0.4, -0.2) is 16.3 Å². The molecular formula is C10H7FN2O. The molecule has 3 nitrogen and oxygen atoms in total. The summed E-state index contributed by atoms with van der Waals surface area (Å²) in [5, 5.41) is 0. The van der Waals surface area contributed by atoms with E-state index in [1.165, 1.54) is 12.3 Å². The molecule has 0 atom stereocenters. The lowest BCUT2D eigenvalue weighted by Crippen LogP contribution is -1.86. The van der Waals surface area contributed by atoms with Gasteiger partial charge in [-0.25, -0.2) is 9.37 Å². The second kappa shape index (κ2) is 3.41. The van der Waals surface area contributed by atoms with Gasteiger partial charge in [-0.2, -0.15) is 0 Å². The van der Waals surface area contributed by atoms with E-state index in [1.54, 1.807) is 18.2 Å². The van der Waals surface area contributed by atoms with Gasteiger partial charge >= 0.3 is 0 Å². The quantitative estimate of drug-likeness (QED) is 0.736. The molecule has 1 heterocycles. The number of hydrogen-bond acceptors (Lipinski definition) is 2. The number of aldehydes is 1. The molecule has 0 aliphatic heterocycles. The largest absolute Gasteiger partial charge is 0.344 e.